The number of anilines is 1. The third kappa shape index (κ3) is 2.63. The molecule has 3 rings (SSSR count). The van der Waals surface area contributed by atoms with Crippen LogP contribution in [0.4, 0.5) is 5.69 Å². The maximum atomic E-state index is 12.8. The molecule has 0 spiro atoms. The van der Waals surface area contributed by atoms with Crippen molar-refractivity contribution in [3.8, 4) is 0 Å². The molecule has 0 bridgehead atoms. The molecule has 0 radical (unpaired) electrons. The first-order valence-corrected chi connectivity index (χ1v) is 8.10. The maximum absolute atomic E-state index is 12.8. The molecule has 1 aliphatic heterocycles. The monoisotopic (exact) mass is 323 g/mol. The van der Waals surface area contributed by atoms with Gasteiger partial charge in [-0.05, 0) is 36.1 Å². The largest absolute Gasteiger partial charge is 0.375 e. The zero-order valence-electron chi connectivity index (χ0n) is 14.1. The van der Waals surface area contributed by atoms with Crippen LogP contribution >= 0.6 is 0 Å². The molecule has 1 amide bonds. The molecular weight excluding hydrogens is 302 g/mol. The normalized spacial score (nSPS) is 19.3. The van der Waals surface area contributed by atoms with E-state index in [1.807, 2.05) is 25.1 Å². The Balaban J connectivity index is 1.96. The number of aliphatic hydroxyl groups is 1. The number of hydrogen-bond acceptors (Lipinski definition) is 3. The molecule has 0 aromatic heterocycles. The minimum atomic E-state index is -1.81. The molecule has 1 atom stereocenters. The van der Waals surface area contributed by atoms with E-state index in [2.05, 4.69) is 19.2 Å². The van der Waals surface area contributed by atoms with E-state index in [0.29, 0.717) is 22.7 Å². The summed E-state index contributed by atoms with van der Waals surface area (Å²) >= 11 is 0. The van der Waals surface area contributed by atoms with E-state index in [-0.39, 0.29) is 12.2 Å². The lowest BCUT2D eigenvalue weighted by Crippen LogP contribution is -2.36. The van der Waals surface area contributed by atoms with Gasteiger partial charge in [0.1, 0.15) is 0 Å². The molecule has 2 aromatic carbocycles. The van der Waals surface area contributed by atoms with Crippen LogP contribution in [0.1, 0.15) is 53.2 Å². The molecule has 0 aliphatic carbocycles. The average Bonchev–Trinajstić information content (AvgIpc) is 2.79. The molecule has 2 N–H and O–H groups in total. The lowest BCUT2D eigenvalue weighted by molar-refractivity contribution is -0.133. The van der Waals surface area contributed by atoms with Crippen LogP contribution in [-0.4, -0.2) is 16.8 Å². The Bertz CT molecular complexity index is 825. The number of Topliss-reactive ketones (excluding diaryl/α,β-unsaturated/α-hetero) is 1. The molecule has 0 unspecified atom stereocenters. The average molecular weight is 323 g/mol. The molecule has 0 saturated carbocycles. The van der Waals surface area contributed by atoms with Gasteiger partial charge in [-0.1, -0.05) is 44.2 Å². The summed E-state index contributed by atoms with van der Waals surface area (Å²) in [7, 11) is 0. The lowest BCUT2D eigenvalue weighted by Gasteiger charge is -2.21. The molecule has 0 saturated heterocycles. The van der Waals surface area contributed by atoms with E-state index in [1.54, 1.807) is 24.3 Å². The highest BCUT2D eigenvalue weighted by atomic mass is 16.3. The summed E-state index contributed by atoms with van der Waals surface area (Å²) in [4.78, 5) is 25.1. The molecule has 4 heteroatoms. The highest BCUT2D eigenvalue weighted by Crippen LogP contribution is 2.39. The highest BCUT2D eigenvalue weighted by molar-refractivity contribution is 6.09. The van der Waals surface area contributed by atoms with Crippen molar-refractivity contribution < 1.29 is 14.7 Å². The molecule has 124 valence electrons. The number of carbonyl (C=O) groups excluding carboxylic acids is 2. The van der Waals surface area contributed by atoms with E-state index >= 15 is 0 Å². The number of ketones is 1. The van der Waals surface area contributed by atoms with E-state index < -0.39 is 11.5 Å². The van der Waals surface area contributed by atoms with E-state index in [4.69, 9.17) is 0 Å². The topological polar surface area (TPSA) is 66.4 Å². The first-order chi connectivity index (χ1) is 11.3. The van der Waals surface area contributed by atoms with Gasteiger partial charge in [0.2, 0.25) is 0 Å². The summed E-state index contributed by atoms with van der Waals surface area (Å²) < 4.78 is 0. The number of hydrogen-bond donors (Lipinski definition) is 2. The molecule has 4 nitrogen and oxygen atoms in total. The van der Waals surface area contributed by atoms with Gasteiger partial charge in [-0.3, -0.25) is 9.59 Å². The Morgan fingerprint density at radius 2 is 1.92 bits per heavy atom. The summed E-state index contributed by atoms with van der Waals surface area (Å²) in [6.45, 7) is 5.99. The number of aryl methyl sites for hydroxylation is 1. The summed E-state index contributed by atoms with van der Waals surface area (Å²) in [5.74, 6) is -0.477. The molecule has 2 aromatic rings. The zero-order chi connectivity index (χ0) is 17.5. The first kappa shape index (κ1) is 16.4. The van der Waals surface area contributed by atoms with Gasteiger partial charge in [0.05, 0.1) is 6.42 Å². The second kappa shape index (κ2) is 5.87. The molecular formula is C20H21NO3. The van der Waals surface area contributed by atoms with Crippen molar-refractivity contribution in [2.75, 3.05) is 5.32 Å². The molecule has 1 aliphatic rings. The fourth-order valence-electron chi connectivity index (χ4n) is 3.10. The van der Waals surface area contributed by atoms with Crippen molar-refractivity contribution in [3.05, 3.63) is 64.7 Å². The van der Waals surface area contributed by atoms with Gasteiger partial charge in [0.25, 0.3) is 5.91 Å². The predicted molar refractivity (Wildman–Crippen MR) is 93.2 cm³/mol. The van der Waals surface area contributed by atoms with Crippen LogP contribution < -0.4 is 5.32 Å². The number of carbonyl (C=O) groups is 2. The fraction of sp³-hybridized carbons (Fsp3) is 0.300. The van der Waals surface area contributed by atoms with Crippen molar-refractivity contribution in [2.45, 2.75) is 38.7 Å². The van der Waals surface area contributed by atoms with Crippen LogP contribution in [0.2, 0.25) is 0 Å². The number of nitrogens with one attached hydrogen (secondary N) is 1. The summed E-state index contributed by atoms with van der Waals surface area (Å²) in [5, 5.41) is 13.5. The van der Waals surface area contributed by atoms with Crippen LogP contribution in [0.25, 0.3) is 0 Å². The minimum absolute atomic E-state index is 0.232. The Hall–Kier alpha value is -2.46. The van der Waals surface area contributed by atoms with Crippen molar-refractivity contribution in [1.82, 2.24) is 0 Å². The number of benzene rings is 2. The smallest absolute Gasteiger partial charge is 0.261 e. The summed E-state index contributed by atoms with van der Waals surface area (Å²) in [5.41, 5.74) is 1.68. The van der Waals surface area contributed by atoms with E-state index in [9.17, 15) is 14.7 Å². The van der Waals surface area contributed by atoms with Crippen LogP contribution in [0.5, 0.6) is 0 Å². The SMILES string of the molecule is Cc1ccc(C(C)C)cc1C(=O)C[C@]1(O)C(=O)Nc2ccccc21. The quantitative estimate of drug-likeness (QED) is 0.846. The van der Waals surface area contributed by atoms with Crippen LogP contribution in [0.15, 0.2) is 42.5 Å². The molecule has 24 heavy (non-hydrogen) atoms. The second-order valence-corrected chi connectivity index (χ2v) is 6.69. The van der Waals surface area contributed by atoms with E-state index in [1.165, 1.54) is 0 Å². The van der Waals surface area contributed by atoms with Crippen LogP contribution in [0, 0.1) is 6.92 Å². The Labute approximate surface area is 141 Å². The molecule has 1 heterocycles. The first-order valence-electron chi connectivity index (χ1n) is 8.10. The zero-order valence-corrected chi connectivity index (χ0v) is 14.1. The number of para-hydroxylation sites is 1. The minimum Gasteiger partial charge on any atom is -0.375 e. The van der Waals surface area contributed by atoms with Crippen molar-refractivity contribution in [2.24, 2.45) is 0 Å². The van der Waals surface area contributed by atoms with Gasteiger partial charge in [-0.15, -0.1) is 0 Å². The third-order valence-corrected chi connectivity index (χ3v) is 4.64. The standard InChI is InChI=1S/C20H21NO3/c1-12(2)14-9-8-13(3)15(10-14)18(22)11-20(24)16-6-4-5-7-17(16)21-19(20)23/h4-10,12,24H,11H2,1-3H3,(H,21,23)/t20-/m1/s1. The van der Waals surface area contributed by atoms with Crippen LogP contribution in [0.3, 0.4) is 0 Å². The Morgan fingerprint density at radius 3 is 2.62 bits per heavy atom. The third-order valence-electron chi connectivity index (χ3n) is 4.64. The lowest BCUT2D eigenvalue weighted by atomic mass is 9.86. The number of fused-ring (bicyclic) bond motifs is 1. The second-order valence-electron chi connectivity index (χ2n) is 6.69. The maximum Gasteiger partial charge on any atom is 0.261 e. The van der Waals surface area contributed by atoms with Crippen LogP contribution in [-0.2, 0) is 10.4 Å². The Kier molecular flexibility index (Phi) is 4.01. The van der Waals surface area contributed by atoms with Gasteiger partial charge < -0.3 is 10.4 Å². The van der Waals surface area contributed by atoms with Gasteiger partial charge >= 0.3 is 0 Å². The van der Waals surface area contributed by atoms with Gasteiger partial charge in [0, 0.05) is 16.8 Å². The predicted octanol–water partition coefficient (Wildman–Crippen LogP) is 3.53. The fourth-order valence-corrected chi connectivity index (χ4v) is 3.10. The van der Waals surface area contributed by atoms with Crippen molar-refractivity contribution >= 4 is 17.4 Å². The van der Waals surface area contributed by atoms with Crippen molar-refractivity contribution in [3.63, 3.8) is 0 Å². The summed E-state index contributed by atoms with van der Waals surface area (Å²) in [6, 6.07) is 12.7. The number of rotatable bonds is 4. The van der Waals surface area contributed by atoms with Crippen molar-refractivity contribution in [1.29, 1.82) is 0 Å². The van der Waals surface area contributed by atoms with E-state index in [0.717, 1.165) is 11.1 Å². The highest BCUT2D eigenvalue weighted by Gasteiger charge is 2.46. The van der Waals surface area contributed by atoms with Gasteiger partial charge in [-0.2, -0.15) is 0 Å². The molecule has 0 fully saturated rings. The number of amides is 1. The summed E-state index contributed by atoms with van der Waals surface area (Å²) in [6.07, 6.45) is -0.266. The van der Waals surface area contributed by atoms with Gasteiger partial charge in [-0.25, -0.2) is 0 Å². The Morgan fingerprint density at radius 1 is 1.21 bits per heavy atom. The van der Waals surface area contributed by atoms with Gasteiger partial charge in [0.15, 0.2) is 11.4 Å².